The maximum absolute atomic E-state index is 5.70. The Hall–Kier alpha value is -6.32. The van der Waals surface area contributed by atoms with E-state index in [9.17, 15) is 0 Å². The molecule has 0 N–H and O–H groups in total. The molecule has 0 aliphatic carbocycles. The molecule has 11 heteroatoms. The maximum atomic E-state index is 5.70. The summed E-state index contributed by atoms with van der Waals surface area (Å²) in [6.45, 7) is 27.7. The van der Waals surface area contributed by atoms with Crippen molar-refractivity contribution >= 4 is 22.9 Å². The van der Waals surface area contributed by atoms with Gasteiger partial charge in [-0.1, -0.05) is 113 Å². The molecule has 4 aromatic heterocycles. The number of aliphatic imine (C=N–C) groups is 2. The van der Waals surface area contributed by atoms with Gasteiger partial charge in [-0.25, -0.2) is 9.98 Å². The zero-order valence-corrected chi connectivity index (χ0v) is 49.6. The van der Waals surface area contributed by atoms with Gasteiger partial charge in [0.05, 0.1) is 51.2 Å². The number of methoxy groups -OCH3 is 4. The van der Waals surface area contributed by atoms with E-state index in [1.54, 1.807) is 28.4 Å². The van der Waals surface area contributed by atoms with Crippen molar-refractivity contribution in [2.45, 2.75) is 135 Å². The first-order valence-electron chi connectivity index (χ1n) is 26.0. The Bertz CT molecular complexity index is 2920. The van der Waals surface area contributed by atoms with Crippen LogP contribution in [0.3, 0.4) is 0 Å². The van der Waals surface area contributed by atoms with E-state index in [0.717, 1.165) is 119 Å². The molecule has 2 aliphatic heterocycles. The van der Waals surface area contributed by atoms with Crippen LogP contribution < -0.4 is 19.4 Å². The zero-order valence-electron chi connectivity index (χ0n) is 46.6. The third-order valence-electron chi connectivity index (χ3n) is 14.6. The molecular formula is C62H76N6O4Zn. The molecule has 0 fully saturated rings. The van der Waals surface area contributed by atoms with Gasteiger partial charge in [-0.15, -0.1) is 11.4 Å². The molecule has 2 aromatic carbocycles. The minimum absolute atomic E-state index is 0. The second-order valence-electron chi connectivity index (χ2n) is 18.2. The van der Waals surface area contributed by atoms with Gasteiger partial charge in [-0.3, -0.25) is 0 Å². The Labute approximate surface area is 448 Å². The third kappa shape index (κ3) is 10.2. The predicted molar refractivity (Wildman–Crippen MR) is 298 cm³/mol. The van der Waals surface area contributed by atoms with Gasteiger partial charge in [0.15, 0.2) is 0 Å². The fraction of sp³-hybridized carbons (Fsp3) is 0.387. The van der Waals surface area contributed by atoms with Crippen molar-refractivity contribution in [2.24, 2.45) is 9.98 Å². The van der Waals surface area contributed by atoms with Gasteiger partial charge in [0.1, 0.15) is 0 Å². The topological polar surface area (TPSA) is 99.7 Å². The van der Waals surface area contributed by atoms with Gasteiger partial charge in [-0.2, -0.15) is 0 Å². The van der Waals surface area contributed by atoms with Crippen molar-refractivity contribution in [3.63, 3.8) is 0 Å². The molecule has 0 unspecified atom stereocenters. The number of aromatic nitrogens is 4. The minimum atomic E-state index is 0. The summed E-state index contributed by atoms with van der Waals surface area (Å²) in [5.41, 5.74) is 25.0. The zero-order chi connectivity index (χ0) is 52.0. The largest absolute Gasteiger partial charge is 2.00 e. The Morgan fingerprint density at radius 1 is 0.479 bits per heavy atom. The Kier molecular flexibility index (Phi) is 18.9. The summed E-state index contributed by atoms with van der Waals surface area (Å²) in [6, 6.07) is 26.0. The number of ether oxygens (including phenoxy) is 4. The van der Waals surface area contributed by atoms with Crippen molar-refractivity contribution < 1.29 is 38.4 Å². The molecule has 6 aromatic rings. The molecule has 6 heterocycles. The summed E-state index contributed by atoms with van der Waals surface area (Å²) >= 11 is 0. The minimum Gasteiger partial charge on any atom is -0.626 e. The number of allylic oxidation sites excluding steroid dienone is 2. The first-order chi connectivity index (χ1) is 34.9. The van der Waals surface area contributed by atoms with Gasteiger partial charge >= 0.3 is 19.5 Å². The number of nitrogens with zero attached hydrogens (tertiary/aromatic N) is 6. The Morgan fingerprint density at radius 3 is 1.11 bits per heavy atom. The van der Waals surface area contributed by atoms with Crippen molar-refractivity contribution in [2.75, 3.05) is 28.4 Å². The Morgan fingerprint density at radius 2 is 0.836 bits per heavy atom. The van der Waals surface area contributed by atoms with Crippen molar-refractivity contribution in [1.29, 1.82) is 0 Å². The number of hydrogen-bond donors (Lipinski definition) is 0. The van der Waals surface area contributed by atoms with Gasteiger partial charge in [-0.05, 0) is 137 Å². The fourth-order valence-electron chi connectivity index (χ4n) is 11.0. The molecular weight excluding hydrogens is 958 g/mol. The molecule has 0 radical (unpaired) electrons. The van der Waals surface area contributed by atoms with Gasteiger partial charge in [0.2, 0.25) is 11.8 Å². The molecule has 0 spiro atoms. The average molecular weight is 1030 g/mol. The van der Waals surface area contributed by atoms with Crippen LogP contribution in [0.5, 0.6) is 11.8 Å². The normalized spacial score (nSPS) is 14.7. The monoisotopic (exact) mass is 1030 g/mol. The Balaban J connectivity index is 0.000000235. The van der Waals surface area contributed by atoms with Crippen LogP contribution in [0.1, 0.15) is 138 Å². The summed E-state index contributed by atoms with van der Waals surface area (Å²) in [5, 5.41) is 0. The second-order valence-corrected chi connectivity index (χ2v) is 18.2. The smallest absolute Gasteiger partial charge is 0.626 e. The second kappa shape index (κ2) is 24.6. The van der Waals surface area contributed by atoms with Crippen LogP contribution in [0.25, 0.3) is 33.7 Å². The van der Waals surface area contributed by atoms with E-state index in [1.165, 1.54) is 55.9 Å². The van der Waals surface area contributed by atoms with Crippen LogP contribution in [0, 0.1) is 13.8 Å². The van der Waals surface area contributed by atoms with Crippen LogP contribution in [-0.4, -0.2) is 49.4 Å². The first-order valence-corrected chi connectivity index (χ1v) is 26.0. The number of aryl methyl sites for hydroxylation is 2. The van der Waals surface area contributed by atoms with Crippen LogP contribution in [0.4, 0.5) is 0 Å². The molecule has 2 aliphatic rings. The van der Waals surface area contributed by atoms with E-state index in [0.29, 0.717) is 23.6 Å². The van der Waals surface area contributed by atoms with Crippen molar-refractivity contribution in [1.82, 2.24) is 19.1 Å². The van der Waals surface area contributed by atoms with E-state index in [1.807, 2.05) is 0 Å². The van der Waals surface area contributed by atoms with Crippen molar-refractivity contribution in [3.05, 3.63) is 163 Å². The van der Waals surface area contributed by atoms with E-state index < -0.39 is 0 Å². The number of hydrogen-bond acceptors (Lipinski definition) is 6. The van der Waals surface area contributed by atoms with Crippen LogP contribution >= 0.6 is 0 Å². The molecule has 73 heavy (non-hydrogen) atoms. The SMILES string of the molecule is CCC1=C(C)C(OC)=N/C1=C(\c1[n-]c(OC)c(C)c1CC)c1cc(CC)c(-c2ccccc2)n1CC.CCC1=C(C)C(OC)=N/C1=C(\c1[n-]c(OC)c(C)c1CC)c1cc(CC)c(-c2ccccc2)n1CC.[Zn+2]. The van der Waals surface area contributed by atoms with Crippen LogP contribution in [0.2, 0.25) is 0 Å². The molecule has 0 saturated heterocycles. The van der Waals surface area contributed by atoms with E-state index >= 15 is 0 Å². The van der Waals surface area contributed by atoms with Crippen LogP contribution in [-0.2, 0) is 67.7 Å². The van der Waals surface area contributed by atoms with E-state index in [2.05, 4.69) is 165 Å². The molecule has 0 saturated carbocycles. The molecule has 380 valence electrons. The van der Waals surface area contributed by atoms with Crippen molar-refractivity contribution in [3.8, 4) is 34.3 Å². The van der Waals surface area contributed by atoms with Gasteiger partial charge < -0.3 is 38.0 Å². The maximum Gasteiger partial charge on any atom is 2.00 e. The molecule has 10 nitrogen and oxygen atoms in total. The van der Waals surface area contributed by atoms with E-state index in [4.69, 9.17) is 38.9 Å². The quantitative estimate of drug-likeness (QED) is 0.0896. The summed E-state index contributed by atoms with van der Waals surface area (Å²) in [6.07, 6.45) is 5.31. The summed E-state index contributed by atoms with van der Waals surface area (Å²) < 4.78 is 27.6. The van der Waals surface area contributed by atoms with Gasteiger partial charge in [0, 0.05) is 58.5 Å². The summed E-state index contributed by atoms with van der Waals surface area (Å²) in [4.78, 5) is 20.2. The summed E-state index contributed by atoms with van der Waals surface area (Å²) in [5.74, 6) is 2.73. The van der Waals surface area contributed by atoms with E-state index in [-0.39, 0.29) is 19.5 Å². The standard InChI is InChI=1S/2C31H38N3O2.Zn/c2*1-9-21-18-25(34(12-4)29(21)22-16-14-13-15-17-22)26(27-23(10-2)19(5)30(32-27)35-7)28-24(11-3)20(6)31(33-28)36-8;/h2*13-18H,9-12H2,1-8H3;/q2*-1;+2/b2*27-26-;. The predicted octanol–water partition coefficient (Wildman–Crippen LogP) is 14.2. The summed E-state index contributed by atoms with van der Waals surface area (Å²) in [7, 11) is 6.78. The molecule has 0 atom stereocenters. The molecule has 0 amide bonds. The average Bonchev–Trinajstić information content (AvgIpc) is 4.26. The molecule has 8 rings (SSSR count). The van der Waals surface area contributed by atoms with Gasteiger partial charge in [0.25, 0.3) is 0 Å². The number of rotatable bonds is 16. The fourth-order valence-corrected chi connectivity index (χ4v) is 11.0. The molecule has 0 bridgehead atoms. The number of benzene rings is 2. The van der Waals surface area contributed by atoms with Crippen LogP contribution in [0.15, 0.2) is 116 Å². The first kappa shape index (κ1) is 56.0. The third-order valence-corrected chi connectivity index (χ3v) is 14.6.